The first-order valence-electron chi connectivity index (χ1n) is 6.04. The van der Waals surface area contributed by atoms with Crippen LogP contribution in [0, 0.1) is 6.92 Å². The highest BCUT2D eigenvalue weighted by atomic mass is 32.2. The molecule has 1 aromatic heterocycles. The van der Waals surface area contributed by atoms with E-state index in [0.29, 0.717) is 22.6 Å². The van der Waals surface area contributed by atoms with Crippen molar-refractivity contribution in [2.24, 2.45) is 5.73 Å². The topological polar surface area (TPSA) is 83.4 Å². The molecule has 0 saturated carbocycles. The molecule has 0 radical (unpaired) electrons. The van der Waals surface area contributed by atoms with Crippen molar-refractivity contribution in [3.8, 4) is 11.5 Å². The lowest BCUT2D eigenvalue weighted by Crippen LogP contribution is -1.95. The van der Waals surface area contributed by atoms with Crippen molar-refractivity contribution < 1.29 is 13.9 Å². The van der Waals surface area contributed by atoms with Gasteiger partial charge in [0.2, 0.25) is 5.89 Å². The van der Waals surface area contributed by atoms with Gasteiger partial charge in [-0.25, -0.2) is 0 Å². The van der Waals surface area contributed by atoms with Crippen molar-refractivity contribution in [1.29, 1.82) is 0 Å². The summed E-state index contributed by atoms with van der Waals surface area (Å²) in [5.74, 6) is 2.58. The van der Waals surface area contributed by atoms with Crippen LogP contribution in [0.15, 0.2) is 21.8 Å². The smallest absolute Gasteiger partial charge is 0.276 e. The average molecular weight is 295 g/mol. The number of nitrogens with zero attached hydrogens (tertiary/aromatic N) is 2. The summed E-state index contributed by atoms with van der Waals surface area (Å²) in [7, 11) is 3.24. The van der Waals surface area contributed by atoms with Crippen LogP contribution >= 0.6 is 11.8 Å². The summed E-state index contributed by atoms with van der Waals surface area (Å²) >= 11 is 1.46. The fourth-order valence-electron chi connectivity index (χ4n) is 1.70. The first-order chi connectivity index (χ1) is 9.67. The average Bonchev–Trinajstić information content (AvgIpc) is 2.93. The summed E-state index contributed by atoms with van der Waals surface area (Å²) in [5.41, 5.74) is 7.67. The molecule has 0 aliphatic carbocycles. The number of ether oxygens (including phenoxy) is 2. The Hall–Kier alpha value is -1.73. The van der Waals surface area contributed by atoms with Crippen molar-refractivity contribution in [3.05, 3.63) is 29.2 Å². The van der Waals surface area contributed by atoms with Crippen LogP contribution in [-0.4, -0.2) is 24.4 Å². The fourth-order valence-corrected chi connectivity index (χ4v) is 2.54. The monoisotopic (exact) mass is 295 g/mol. The Morgan fingerprint density at radius 2 is 1.90 bits per heavy atom. The normalized spacial score (nSPS) is 10.6. The van der Waals surface area contributed by atoms with Crippen LogP contribution < -0.4 is 15.2 Å². The summed E-state index contributed by atoms with van der Waals surface area (Å²) in [5, 5.41) is 8.26. The molecule has 2 rings (SSSR count). The van der Waals surface area contributed by atoms with Crippen LogP contribution in [0.1, 0.15) is 17.0 Å². The molecule has 7 heteroatoms. The highest BCUT2D eigenvalue weighted by molar-refractivity contribution is 7.98. The molecule has 2 aromatic rings. The molecular weight excluding hydrogens is 278 g/mol. The van der Waals surface area contributed by atoms with Gasteiger partial charge in [0, 0.05) is 5.75 Å². The number of thioether (sulfide) groups is 1. The van der Waals surface area contributed by atoms with E-state index in [1.807, 2.05) is 19.1 Å². The molecule has 108 valence electrons. The minimum atomic E-state index is 0.253. The maximum absolute atomic E-state index is 5.43. The van der Waals surface area contributed by atoms with Gasteiger partial charge in [0.15, 0.2) is 11.5 Å². The second kappa shape index (κ2) is 6.62. The quantitative estimate of drug-likeness (QED) is 0.817. The van der Waals surface area contributed by atoms with Crippen LogP contribution in [0.4, 0.5) is 0 Å². The van der Waals surface area contributed by atoms with E-state index in [1.54, 1.807) is 14.2 Å². The Labute approximate surface area is 121 Å². The van der Waals surface area contributed by atoms with Crippen molar-refractivity contribution in [2.45, 2.75) is 24.4 Å². The molecule has 0 bridgehead atoms. The number of aryl methyl sites for hydroxylation is 1. The zero-order chi connectivity index (χ0) is 14.5. The van der Waals surface area contributed by atoms with Gasteiger partial charge in [-0.05, 0) is 30.2 Å². The van der Waals surface area contributed by atoms with Gasteiger partial charge in [-0.15, -0.1) is 10.2 Å². The minimum Gasteiger partial charge on any atom is -0.493 e. The second-order valence-corrected chi connectivity index (χ2v) is 5.01. The van der Waals surface area contributed by atoms with Crippen LogP contribution in [-0.2, 0) is 12.3 Å². The van der Waals surface area contributed by atoms with Crippen molar-refractivity contribution in [1.82, 2.24) is 10.2 Å². The summed E-state index contributed by atoms with van der Waals surface area (Å²) in [6.07, 6.45) is 0. The molecule has 20 heavy (non-hydrogen) atoms. The minimum absolute atomic E-state index is 0.253. The predicted octanol–water partition coefficient (Wildman–Crippen LogP) is 2.15. The molecule has 0 unspecified atom stereocenters. The molecule has 1 aromatic carbocycles. The van der Waals surface area contributed by atoms with Gasteiger partial charge in [-0.1, -0.05) is 11.8 Å². The van der Waals surface area contributed by atoms with E-state index in [1.165, 1.54) is 11.8 Å². The Kier molecular flexibility index (Phi) is 4.86. The molecule has 0 aliphatic rings. The van der Waals surface area contributed by atoms with E-state index in [4.69, 9.17) is 19.6 Å². The molecule has 0 saturated heterocycles. The lowest BCUT2D eigenvalue weighted by atomic mass is 10.1. The molecule has 1 heterocycles. The van der Waals surface area contributed by atoms with Crippen LogP contribution in [0.2, 0.25) is 0 Å². The lowest BCUT2D eigenvalue weighted by Gasteiger charge is -2.11. The molecule has 0 fully saturated rings. The van der Waals surface area contributed by atoms with Gasteiger partial charge >= 0.3 is 0 Å². The Morgan fingerprint density at radius 1 is 1.20 bits per heavy atom. The van der Waals surface area contributed by atoms with Gasteiger partial charge in [-0.2, -0.15) is 0 Å². The van der Waals surface area contributed by atoms with Crippen molar-refractivity contribution in [2.75, 3.05) is 14.2 Å². The number of rotatable bonds is 6. The number of aromatic nitrogens is 2. The zero-order valence-corrected chi connectivity index (χ0v) is 12.5. The SMILES string of the molecule is COc1cc(C)c(CSc2nnc(CN)o2)cc1OC. The standard InChI is InChI=1S/C13H17N3O3S/c1-8-4-10(17-2)11(18-3)5-9(8)7-20-13-16-15-12(6-14)19-13/h4-5H,6-7,14H2,1-3H3. The van der Waals surface area contributed by atoms with Gasteiger partial charge in [-0.3, -0.25) is 0 Å². The second-order valence-electron chi connectivity index (χ2n) is 4.09. The van der Waals surface area contributed by atoms with Gasteiger partial charge < -0.3 is 19.6 Å². The molecule has 0 spiro atoms. The summed E-state index contributed by atoms with van der Waals surface area (Å²) in [4.78, 5) is 0. The third-order valence-corrected chi connectivity index (χ3v) is 3.68. The Morgan fingerprint density at radius 3 is 2.50 bits per heavy atom. The molecule has 2 N–H and O–H groups in total. The Balaban J connectivity index is 2.12. The van der Waals surface area contributed by atoms with E-state index < -0.39 is 0 Å². The number of nitrogens with two attached hydrogens (primary N) is 1. The van der Waals surface area contributed by atoms with E-state index in [9.17, 15) is 0 Å². The molecule has 0 aliphatic heterocycles. The largest absolute Gasteiger partial charge is 0.493 e. The third kappa shape index (κ3) is 3.23. The lowest BCUT2D eigenvalue weighted by molar-refractivity contribution is 0.354. The molecular formula is C13H17N3O3S. The van der Waals surface area contributed by atoms with Crippen LogP contribution in [0.25, 0.3) is 0 Å². The highest BCUT2D eigenvalue weighted by Crippen LogP contribution is 2.33. The van der Waals surface area contributed by atoms with Gasteiger partial charge in [0.05, 0.1) is 20.8 Å². The molecule has 6 nitrogen and oxygen atoms in total. The van der Waals surface area contributed by atoms with E-state index in [-0.39, 0.29) is 6.54 Å². The number of methoxy groups -OCH3 is 2. The first-order valence-corrected chi connectivity index (χ1v) is 7.03. The van der Waals surface area contributed by atoms with Crippen LogP contribution in [0.5, 0.6) is 11.5 Å². The maximum atomic E-state index is 5.43. The van der Waals surface area contributed by atoms with E-state index in [0.717, 1.165) is 16.9 Å². The highest BCUT2D eigenvalue weighted by Gasteiger charge is 2.11. The predicted molar refractivity (Wildman–Crippen MR) is 76.0 cm³/mol. The molecule has 0 atom stereocenters. The maximum Gasteiger partial charge on any atom is 0.276 e. The van der Waals surface area contributed by atoms with Crippen LogP contribution in [0.3, 0.4) is 0 Å². The first kappa shape index (κ1) is 14.7. The van der Waals surface area contributed by atoms with E-state index >= 15 is 0 Å². The van der Waals surface area contributed by atoms with Crippen molar-refractivity contribution >= 4 is 11.8 Å². The number of benzene rings is 1. The Bertz CT molecular complexity index is 586. The fraction of sp³-hybridized carbons (Fsp3) is 0.385. The van der Waals surface area contributed by atoms with Crippen molar-refractivity contribution in [3.63, 3.8) is 0 Å². The summed E-state index contributed by atoms with van der Waals surface area (Å²) in [6, 6.07) is 3.91. The van der Waals surface area contributed by atoms with E-state index in [2.05, 4.69) is 10.2 Å². The number of hydrogen-bond donors (Lipinski definition) is 1. The van der Waals surface area contributed by atoms with Gasteiger partial charge in [0.25, 0.3) is 5.22 Å². The third-order valence-electron chi connectivity index (χ3n) is 2.82. The summed E-state index contributed by atoms with van der Waals surface area (Å²) < 4.78 is 15.9. The van der Waals surface area contributed by atoms with Gasteiger partial charge in [0.1, 0.15) is 0 Å². The summed E-state index contributed by atoms with van der Waals surface area (Å²) in [6.45, 7) is 2.28. The zero-order valence-electron chi connectivity index (χ0n) is 11.7. The molecule has 0 amide bonds. The number of hydrogen-bond acceptors (Lipinski definition) is 7.